The van der Waals surface area contributed by atoms with Gasteiger partial charge in [-0.25, -0.2) is 0 Å². The van der Waals surface area contributed by atoms with Crippen molar-refractivity contribution in [3.05, 3.63) is 17.0 Å². The molecule has 86 valence electrons. The van der Waals surface area contributed by atoms with E-state index in [0.717, 1.165) is 17.8 Å². The van der Waals surface area contributed by atoms with Crippen LogP contribution in [-0.4, -0.2) is 20.9 Å². The largest absolute Gasteiger partial charge is 0.480 e. The fourth-order valence-electron chi connectivity index (χ4n) is 3.43. The number of hydrogen-bond donors (Lipinski definition) is 1. The van der Waals surface area contributed by atoms with Crippen LogP contribution in [-0.2, 0) is 17.8 Å². The second-order valence-electron chi connectivity index (χ2n) is 5.61. The Morgan fingerprint density at radius 2 is 2.31 bits per heavy atom. The second kappa shape index (κ2) is 2.67. The molecular formula is C12H16N2O2. The molecule has 4 nitrogen and oxygen atoms in total. The van der Waals surface area contributed by atoms with E-state index in [4.69, 9.17) is 5.11 Å². The van der Waals surface area contributed by atoms with Gasteiger partial charge in [0.05, 0.1) is 5.69 Å². The van der Waals surface area contributed by atoms with E-state index in [0.29, 0.717) is 17.3 Å². The third-order valence-electron chi connectivity index (χ3n) is 4.34. The number of carboxylic acids is 1. The Morgan fingerprint density at radius 3 is 2.94 bits per heavy atom. The molecule has 2 aliphatic rings. The van der Waals surface area contributed by atoms with Gasteiger partial charge >= 0.3 is 5.97 Å². The van der Waals surface area contributed by atoms with Crippen LogP contribution in [0.5, 0.6) is 0 Å². The van der Waals surface area contributed by atoms with E-state index in [1.165, 1.54) is 5.56 Å². The van der Waals surface area contributed by atoms with Crippen LogP contribution in [0, 0.1) is 18.3 Å². The van der Waals surface area contributed by atoms with Crippen molar-refractivity contribution in [2.45, 2.75) is 39.7 Å². The Balaban J connectivity index is 2.01. The van der Waals surface area contributed by atoms with Crippen molar-refractivity contribution < 1.29 is 9.90 Å². The van der Waals surface area contributed by atoms with Gasteiger partial charge in [0.1, 0.15) is 6.54 Å². The summed E-state index contributed by atoms with van der Waals surface area (Å²) in [6, 6.07) is 0. The molecule has 0 radical (unpaired) electrons. The van der Waals surface area contributed by atoms with E-state index in [1.54, 1.807) is 4.68 Å². The van der Waals surface area contributed by atoms with Gasteiger partial charge in [-0.1, -0.05) is 13.8 Å². The first-order valence-electron chi connectivity index (χ1n) is 5.71. The summed E-state index contributed by atoms with van der Waals surface area (Å²) in [5.41, 5.74) is 3.91. The van der Waals surface area contributed by atoms with Crippen molar-refractivity contribution in [1.29, 1.82) is 0 Å². The number of aryl methyl sites for hydroxylation is 1. The summed E-state index contributed by atoms with van der Waals surface area (Å²) < 4.78 is 1.68. The molecule has 0 amide bonds. The van der Waals surface area contributed by atoms with Crippen molar-refractivity contribution in [2.24, 2.45) is 11.3 Å². The molecule has 0 aliphatic heterocycles. The van der Waals surface area contributed by atoms with Gasteiger partial charge in [0.15, 0.2) is 0 Å². The fraction of sp³-hybridized carbons (Fsp3) is 0.667. The van der Waals surface area contributed by atoms with Gasteiger partial charge in [0.25, 0.3) is 0 Å². The van der Waals surface area contributed by atoms with E-state index < -0.39 is 5.97 Å². The predicted octanol–water partition coefficient (Wildman–Crippen LogP) is 1.57. The fourth-order valence-corrected chi connectivity index (χ4v) is 3.43. The average molecular weight is 220 g/mol. The van der Waals surface area contributed by atoms with Gasteiger partial charge in [0, 0.05) is 11.3 Å². The van der Waals surface area contributed by atoms with Gasteiger partial charge in [-0.2, -0.15) is 5.10 Å². The van der Waals surface area contributed by atoms with Crippen molar-refractivity contribution in [3.63, 3.8) is 0 Å². The van der Waals surface area contributed by atoms with E-state index in [9.17, 15) is 4.79 Å². The number of rotatable bonds is 2. The standard InChI is InChI=1S/C12H16N2O2/c1-6-10-8(14(13-6)5-9(15)16)4-7-11(10)12(7,2)3/h7,11H,4-5H2,1-3H3,(H,15,16). The van der Waals surface area contributed by atoms with Crippen LogP contribution in [0.25, 0.3) is 0 Å². The minimum absolute atomic E-state index is 0.00393. The normalized spacial score (nSPS) is 28.7. The zero-order chi connectivity index (χ0) is 11.7. The third kappa shape index (κ3) is 1.05. The Hall–Kier alpha value is -1.32. The van der Waals surface area contributed by atoms with Crippen LogP contribution in [0.15, 0.2) is 0 Å². The van der Waals surface area contributed by atoms with Gasteiger partial charge in [-0.3, -0.25) is 9.48 Å². The molecule has 0 bridgehead atoms. The zero-order valence-electron chi connectivity index (χ0n) is 9.82. The van der Waals surface area contributed by atoms with Crippen LogP contribution in [0.3, 0.4) is 0 Å². The van der Waals surface area contributed by atoms with Crippen molar-refractivity contribution in [3.8, 4) is 0 Å². The smallest absolute Gasteiger partial charge is 0.325 e. The number of carboxylic acid groups (broad SMARTS) is 1. The van der Waals surface area contributed by atoms with Crippen LogP contribution in [0.4, 0.5) is 0 Å². The SMILES string of the molecule is Cc1nn(CC(=O)O)c2c1C1C(C2)C1(C)C. The maximum atomic E-state index is 10.7. The van der Waals surface area contributed by atoms with Gasteiger partial charge in [-0.15, -0.1) is 0 Å². The highest BCUT2D eigenvalue weighted by atomic mass is 16.4. The quantitative estimate of drug-likeness (QED) is 0.823. The van der Waals surface area contributed by atoms with Crippen molar-refractivity contribution in [2.75, 3.05) is 0 Å². The average Bonchev–Trinajstić information content (AvgIpc) is 2.52. The van der Waals surface area contributed by atoms with Gasteiger partial charge in [0.2, 0.25) is 0 Å². The first kappa shape index (κ1) is 9.87. The summed E-state index contributed by atoms with van der Waals surface area (Å²) in [5.74, 6) is 0.509. The molecule has 2 aliphatic carbocycles. The van der Waals surface area contributed by atoms with E-state index in [-0.39, 0.29) is 6.54 Å². The second-order valence-corrected chi connectivity index (χ2v) is 5.61. The molecule has 16 heavy (non-hydrogen) atoms. The highest BCUT2D eigenvalue weighted by Gasteiger charge is 2.63. The number of hydrogen-bond acceptors (Lipinski definition) is 2. The maximum Gasteiger partial charge on any atom is 0.325 e. The van der Waals surface area contributed by atoms with Gasteiger partial charge in [-0.05, 0) is 30.6 Å². The van der Waals surface area contributed by atoms with E-state index in [2.05, 4.69) is 18.9 Å². The van der Waals surface area contributed by atoms with E-state index >= 15 is 0 Å². The lowest BCUT2D eigenvalue weighted by atomic mass is 9.98. The summed E-state index contributed by atoms with van der Waals surface area (Å²) in [7, 11) is 0. The Bertz CT molecular complexity index is 487. The minimum Gasteiger partial charge on any atom is -0.480 e. The monoisotopic (exact) mass is 220 g/mol. The molecule has 1 aromatic heterocycles. The molecule has 4 heteroatoms. The highest BCUT2D eigenvalue weighted by Crippen LogP contribution is 2.70. The summed E-state index contributed by atoms with van der Waals surface area (Å²) >= 11 is 0. The van der Waals surface area contributed by atoms with Crippen LogP contribution >= 0.6 is 0 Å². The number of nitrogens with zero attached hydrogens (tertiary/aromatic N) is 2. The molecule has 1 heterocycles. The molecule has 1 N–H and O–H groups in total. The molecule has 3 rings (SSSR count). The lowest BCUT2D eigenvalue weighted by molar-refractivity contribution is -0.137. The number of aromatic nitrogens is 2. The Labute approximate surface area is 94.3 Å². The molecule has 0 spiro atoms. The number of fused-ring (bicyclic) bond motifs is 3. The third-order valence-corrected chi connectivity index (χ3v) is 4.34. The molecule has 0 saturated heterocycles. The van der Waals surface area contributed by atoms with Crippen LogP contribution in [0.2, 0.25) is 0 Å². The lowest BCUT2D eigenvalue weighted by Crippen LogP contribution is -2.14. The summed E-state index contributed by atoms with van der Waals surface area (Å²) in [6.07, 6.45) is 1.00. The molecule has 1 aromatic rings. The predicted molar refractivity (Wildman–Crippen MR) is 58.3 cm³/mol. The van der Waals surface area contributed by atoms with E-state index in [1.807, 2.05) is 6.92 Å². The number of aliphatic carboxylic acids is 1. The zero-order valence-corrected chi connectivity index (χ0v) is 9.82. The highest BCUT2D eigenvalue weighted by molar-refractivity contribution is 5.66. The Kier molecular flexibility index (Phi) is 1.65. The van der Waals surface area contributed by atoms with Crippen molar-refractivity contribution >= 4 is 5.97 Å². The maximum absolute atomic E-state index is 10.7. The summed E-state index contributed by atoms with van der Waals surface area (Å²) in [6.45, 7) is 6.57. The number of carbonyl (C=O) groups is 1. The van der Waals surface area contributed by atoms with Crippen LogP contribution in [0.1, 0.15) is 36.7 Å². The Morgan fingerprint density at radius 1 is 1.62 bits per heavy atom. The summed E-state index contributed by atoms with van der Waals surface area (Å²) in [5, 5.41) is 13.2. The van der Waals surface area contributed by atoms with Crippen LogP contribution < -0.4 is 0 Å². The molecule has 2 atom stereocenters. The first-order chi connectivity index (χ1) is 7.43. The van der Waals surface area contributed by atoms with Crippen molar-refractivity contribution in [1.82, 2.24) is 9.78 Å². The molecule has 0 aromatic carbocycles. The molecule has 2 unspecified atom stereocenters. The topological polar surface area (TPSA) is 55.1 Å². The minimum atomic E-state index is -0.815. The van der Waals surface area contributed by atoms with Gasteiger partial charge < -0.3 is 5.11 Å². The molecular weight excluding hydrogens is 204 g/mol. The molecule has 1 fully saturated rings. The summed E-state index contributed by atoms with van der Waals surface area (Å²) in [4.78, 5) is 10.7. The first-order valence-corrected chi connectivity index (χ1v) is 5.71. The molecule has 1 saturated carbocycles. The lowest BCUT2D eigenvalue weighted by Gasteiger charge is -2.09.